The van der Waals surface area contributed by atoms with E-state index in [2.05, 4.69) is 10.3 Å². The molecule has 0 saturated carbocycles. The summed E-state index contributed by atoms with van der Waals surface area (Å²) in [5, 5.41) is 3.06. The zero-order chi connectivity index (χ0) is 9.80. The second-order valence-electron chi connectivity index (χ2n) is 2.86. The Bertz CT molecular complexity index is 415. The SMILES string of the molecule is Fc1cc(Nc2ccccc2)ccn1. The molecular weight excluding hydrogens is 179 g/mol. The number of nitrogens with one attached hydrogen (secondary N) is 1. The molecule has 0 aliphatic heterocycles. The number of nitrogens with zero attached hydrogens (tertiary/aromatic N) is 1. The standard InChI is InChI=1S/C11H9FN2/c12-11-8-10(6-7-13-11)14-9-4-2-1-3-5-9/h1-8H,(H,13,14). The lowest BCUT2D eigenvalue weighted by Gasteiger charge is -2.04. The highest BCUT2D eigenvalue weighted by Gasteiger charge is 1.95. The number of para-hydroxylation sites is 1. The van der Waals surface area contributed by atoms with E-state index in [0.29, 0.717) is 5.69 Å². The maximum absolute atomic E-state index is 12.7. The predicted molar refractivity (Wildman–Crippen MR) is 53.9 cm³/mol. The maximum Gasteiger partial charge on any atom is 0.214 e. The van der Waals surface area contributed by atoms with Gasteiger partial charge in [-0.15, -0.1) is 0 Å². The topological polar surface area (TPSA) is 24.9 Å². The summed E-state index contributed by atoms with van der Waals surface area (Å²) < 4.78 is 12.7. The average Bonchev–Trinajstić information content (AvgIpc) is 2.19. The number of halogens is 1. The van der Waals surface area contributed by atoms with Crippen LogP contribution in [0.15, 0.2) is 48.7 Å². The summed E-state index contributed by atoms with van der Waals surface area (Å²) in [5.74, 6) is -0.481. The Morgan fingerprint density at radius 3 is 2.50 bits per heavy atom. The highest BCUT2D eigenvalue weighted by Crippen LogP contribution is 2.15. The van der Waals surface area contributed by atoms with Crippen LogP contribution in [0.3, 0.4) is 0 Å². The Kier molecular flexibility index (Phi) is 2.40. The third-order valence-corrected chi connectivity index (χ3v) is 1.79. The molecule has 0 atom stereocenters. The molecule has 70 valence electrons. The average molecular weight is 188 g/mol. The van der Waals surface area contributed by atoms with Crippen molar-refractivity contribution in [2.75, 3.05) is 5.32 Å². The molecule has 1 heterocycles. The van der Waals surface area contributed by atoms with Crippen molar-refractivity contribution in [3.05, 3.63) is 54.6 Å². The highest BCUT2D eigenvalue weighted by molar-refractivity contribution is 5.58. The first-order chi connectivity index (χ1) is 6.84. The molecule has 14 heavy (non-hydrogen) atoms. The van der Waals surface area contributed by atoms with Crippen molar-refractivity contribution in [2.24, 2.45) is 0 Å². The third kappa shape index (κ3) is 2.07. The van der Waals surface area contributed by atoms with Crippen LogP contribution in [0.4, 0.5) is 15.8 Å². The van der Waals surface area contributed by atoms with Crippen LogP contribution in [0.1, 0.15) is 0 Å². The minimum absolute atomic E-state index is 0.481. The number of anilines is 2. The molecule has 2 rings (SSSR count). The number of aromatic nitrogens is 1. The normalized spacial score (nSPS) is 9.79. The molecule has 0 bridgehead atoms. The van der Waals surface area contributed by atoms with E-state index in [9.17, 15) is 4.39 Å². The summed E-state index contributed by atoms with van der Waals surface area (Å²) >= 11 is 0. The molecule has 2 aromatic rings. The first-order valence-electron chi connectivity index (χ1n) is 4.28. The Labute approximate surface area is 81.4 Å². The van der Waals surface area contributed by atoms with E-state index in [1.54, 1.807) is 6.07 Å². The molecule has 0 aliphatic carbocycles. The lowest BCUT2D eigenvalue weighted by atomic mass is 10.3. The van der Waals surface area contributed by atoms with Gasteiger partial charge in [-0.25, -0.2) is 4.98 Å². The summed E-state index contributed by atoms with van der Waals surface area (Å²) in [6, 6.07) is 12.7. The number of pyridine rings is 1. The van der Waals surface area contributed by atoms with Crippen LogP contribution in [0.2, 0.25) is 0 Å². The number of rotatable bonds is 2. The molecule has 0 aliphatic rings. The number of hydrogen-bond acceptors (Lipinski definition) is 2. The van der Waals surface area contributed by atoms with Crippen LogP contribution in [-0.2, 0) is 0 Å². The molecule has 1 aromatic carbocycles. The Morgan fingerprint density at radius 2 is 1.79 bits per heavy atom. The molecule has 1 N–H and O–H groups in total. The van der Waals surface area contributed by atoms with Crippen molar-refractivity contribution in [2.45, 2.75) is 0 Å². The first-order valence-corrected chi connectivity index (χ1v) is 4.28. The fraction of sp³-hybridized carbons (Fsp3) is 0. The van der Waals surface area contributed by atoms with Crippen LogP contribution < -0.4 is 5.32 Å². The largest absolute Gasteiger partial charge is 0.355 e. The van der Waals surface area contributed by atoms with Crippen LogP contribution in [0.5, 0.6) is 0 Å². The fourth-order valence-electron chi connectivity index (χ4n) is 1.17. The molecule has 0 saturated heterocycles. The predicted octanol–water partition coefficient (Wildman–Crippen LogP) is 2.96. The maximum atomic E-state index is 12.7. The van der Waals surface area contributed by atoms with Crippen LogP contribution >= 0.6 is 0 Å². The van der Waals surface area contributed by atoms with Crippen LogP contribution in [-0.4, -0.2) is 4.98 Å². The third-order valence-electron chi connectivity index (χ3n) is 1.79. The van der Waals surface area contributed by atoms with E-state index in [0.717, 1.165) is 5.69 Å². The molecule has 0 fully saturated rings. The smallest absolute Gasteiger partial charge is 0.214 e. The lowest BCUT2D eigenvalue weighted by molar-refractivity contribution is 0.584. The van der Waals surface area contributed by atoms with E-state index in [1.165, 1.54) is 12.3 Å². The Hall–Kier alpha value is -1.90. The lowest BCUT2D eigenvalue weighted by Crippen LogP contribution is -1.91. The molecule has 0 unspecified atom stereocenters. The van der Waals surface area contributed by atoms with Crippen LogP contribution in [0.25, 0.3) is 0 Å². The summed E-state index contributed by atoms with van der Waals surface area (Å²) in [6.07, 6.45) is 1.43. The second kappa shape index (κ2) is 3.87. The van der Waals surface area contributed by atoms with Gasteiger partial charge in [-0.2, -0.15) is 4.39 Å². The van der Waals surface area contributed by atoms with Gasteiger partial charge in [0.1, 0.15) is 0 Å². The molecule has 1 aromatic heterocycles. The summed E-state index contributed by atoms with van der Waals surface area (Å²) in [5.41, 5.74) is 1.63. The molecular formula is C11H9FN2. The van der Waals surface area contributed by atoms with E-state index in [1.807, 2.05) is 30.3 Å². The van der Waals surface area contributed by atoms with Crippen molar-refractivity contribution in [1.82, 2.24) is 4.98 Å². The molecule has 0 radical (unpaired) electrons. The number of benzene rings is 1. The quantitative estimate of drug-likeness (QED) is 0.733. The highest BCUT2D eigenvalue weighted by atomic mass is 19.1. The van der Waals surface area contributed by atoms with Crippen molar-refractivity contribution in [1.29, 1.82) is 0 Å². The van der Waals surface area contributed by atoms with Gasteiger partial charge in [-0.3, -0.25) is 0 Å². The second-order valence-corrected chi connectivity index (χ2v) is 2.86. The zero-order valence-electron chi connectivity index (χ0n) is 7.44. The van der Waals surface area contributed by atoms with Gasteiger partial charge in [0, 0.05) is 23.6 Å². The van der Waals surface area contributed by atoms with Gasteiger partial charge in [0.15, 0.2) is 0 Å². The zero-order valence-corrected chi connectivity index (χ0v) is 7.44. The first kappa shape index (κ1) is 8.69. The number of hydrogen-bond donors (Lipinski definition) is 1. The minimum atomic E-state index is -0.481. The van der Waals surface area contributed by atoms with Gasteiger partial charge in [0.05, 0.1) is 0 Å². The summed E-state index contributed by atoms with van der Waals surface area (Å²) in [6.45, 7) is 0. The van der Waals surface area contributed by atoms with Gasteiger partial charge in [-0.05, 0) is 18.2 Å². The minimum Gasteiger partial charge on any atom is -0.355 e. The van der Waals surface area contributed by atoms with Gasteiger partial charge in [0.2, 0.25) is 5.95 Å². The van der Waals surface area contributed by atoms with E-state index in [-0.39, 0.29) is 0 Å². The van der Waals surface area contributed by atoms with Gasteiger partial charge >= 0.3 is 0 Å². The van der Waals surface area contributed by atoms with Crippen LogP contribution in [0, 0.1) is 5.95 Å². The van der Waals surface area contributed by atoms with E-state index >= 15 is 0 Å². The van der Waals surface area contributed by atoms with Crippen molar-refractivity contribution in [3.8, 4) is 0 Å². The Morgan fingerprint density at radius 1 is 1.00 bits per heavy atom. The molecule has 3 heteroatoms. The summed E-state index contributed by atoms with van der Waals surface area (Å²) in [4.78, 5) is 3.47. The molecule has 0 spiro atoms. The van der Waals surface area contributed by atoms with Gasteiger partial charge in [0.25, 0.3) is 0 Å². The molecule has 2 nitrogen and oxygen atoms in total. The van der Waals surface area contributed by atoms with Crippen molar-refractivity contribution < 1.29 is 4.39 Å². The van der Waals surface area contributed by atoms with E-state index in [4.69, 9.17) is 0 Å². The Balaban J connectivity index is 2.19. The van der Waals surface area contributed by atoms with Gasteiger partial charge < -0.3 is 5.32 Å². The molecule has 0 amide bonds. The summed E-state index contributed by atoms with van der Waals surface area (Å²) in [7, 11) is 0. The van der Waals surface area contributed by atoms with Gasteiger partial charge in [-0.1, -0.05) is 18.2 Å². The van der Waals surface area contributed by atoms with Crippen molar-refractivity contribution >= 4 is 11.4 Å². The van der Waals surface area contributed by atoms with Crippen molar-refractivity contribution in [3.63, 3.8) is 0 Å². The monoisotopic (exact) mass is 188 g/mol. The fourth-order valence-corrected chi connectivity index (χ4v) is 1.17. The van der Waals surface area contributed by atoms with E-state index < -0.39 is 5.95 Å².